The van der Waals surface area contributed by atoms with Gasteiger partial charge in [-0.2, -0.15) is 0 Å². The van der Waals surface area contributed by atoms with Gasteiger partial charge in [0.1, 0.15) is 5.75 Å². The molecule has 0 bridgehead atoms. The van der Waals surface area contributed by atoms with Crippen LogP contribution in [-0.2, 0) is 6.42 Å². The number of piperidine rings is 1. The second-order valence-corrected chi connectivity index (χ2v) is 6.81. The van der Waals surface area contributed by atoms with Crippen LogP contribution in [0.25, 0.3) is 0 Å². The highest BCUT2D eigenvalue weighted by atomic mass is 16.5. The molecule has 0 aromatic heterocycles. The summed E-state index contributed by atoms with van der Waals surface area (Å²) in [5.41, 5.74) is 0.921. The lowest BCUT2D eigenvalue weighted by Gasteiger charge is -2.51. The minimum absolute atomic E-state index is 0.415. The zero-order valence-corrected chi connectivity index (χ0v) is 13.2. The van der Waals surface area contributed by atoms with Crippen molar-refractivity contribution in [2.24, 2.45) is 5.92 Å². The molecular formula is C18H27NO2. The first-order chi connectivity index (χ1) is 10.1. The van der Waals surface area contributed by atoms with Crippen molar-refractivity contribution in [3.8, 4) is 5.75 Å². The molecular weight excluding hydrogens is 262 g/mol. The molecule has 3 rings (SSSR count). The van der Waals surface area contributed by atoms with Crippen molar-refractivity contribution < 1.29 is 9.84 Å². The van der Waals surface area contributed by atoms with Crippen LogP contribution in [0.3, 0.4) is 0 Å². The summed E-state index contributed by atoms with van der Waals surface area (Å²) >= 11 is 0. The SMILES string of the molecule is COc1ccc(CC2C3CCCCC3(O)CCN2C)cc1. The zero-order chi connectivity index (χ0) is 14.9. The van der Waals surface area contributed by atoms with Gasteiger partial charge in [-0.1, -0.05) is 25.0 Å². The standard InChI is InChI=1S/C18H27NO2/c1-19-12-11-18(20)10-4-3-5-16(18)17(19)13-14-6-8-15(21-2)9-7-14/h6-9,16-17,20H,3-5,10-13H2,1-2H3. The number of hydrogen-bond acceptors (Lipinski definition) is 3. The predicted octanol–water partition coefficient (Wildman–Crippen LogP) is 2.86. The highest BCUT2D eigenvalue weighted by molar-refractivity contribution is 5.28. The van der Waals surface area contributed by atoms with Gasteiger partial charge in [0.2, 0.25) is 0 Å². The zero-order valence-electron chi connectivity index (χ0n) is 13.2. The number of likely N-dealkylation sites (tertiary alicyclic amines) is 1. The summed E-state index contributed by atoms with van der Waals surface area (Å²) < 4.78 is 5.23. The van der Waals surface area contributed by atoms with Gasteiger partial charge in [-0.25, -0.2) is 0 Å². The molecule has 1 aliphatic heterocycles. The van der Waals surface area contributed by atoms with Gasteiger partial charge in [-0.05, 0) is 50.4 Å². The average molecular weight is 289 g/mol. The van der Waals surface area contributed by atoms with Crippen LogP contribution in [0.15, 0.2) is 24.3 Å². The number of ether oxygens (including phenoxy) is 1. The monoisotopic (exact) mass is 289 g/mol. The molecule has 2 fully saturated rings. The summed E-state index contributed by atoms with van der Waals surface area (Å²) in [6.07, 6.45) is 6.57. The van der Waals surface area contributed by atoms with Gasteiger partial charge in [0, 0.05) is 18.5 Å². The van der Waals surface area contributed by atoms with Gasteiger partial charge in [-0.3, -0.25) is 0 Å². The Morgan fingerprint density at radius 1 is 1.24 bits per heavy atom. The van der Waals surface area contributed by atoms with Crippen LogP contribution in [0, 0.1) is 5.92 Å². The van der Waals surface area contributed by atoms with E-state index in [0.717, 1.165) is 31.6 Å². The molecule has 0 amide bonds. The molecule has 2 aliphatic rings. The first-order valence-electron chi connectivity index (χ1n) is 8.18. The molecule has 3 unspecified atom stereocenters. The number of methoxy groups -OCH3 is 1. The maximum Gasteiger partial charge on any atom is 0.118 e. The Bertz CT molecular complexity index is 473. The molecule has 1 aliphatic carbocycles. The Morgan fingerprint density at radius 3 is 2.71 bits per heavy atom. The fourth-order valence-corrected chi connectivity index (χ4v) is 4.25. The third kappa shape index (κ3) is 2.95. The summed E-state index contributed by atoms with van der Waals surface area (Å²) in [5.74, 6) is 1.33. The van der Waals surface area contributed by atoms with Crippen LogP contribution in [-0.4, -0.2) is 42.4 Å². The van der Waals surface area contributed by atoms with E-state index in [1.807, 2.05) is 12.1 Å². The van der Waals surface area contributed by atoms with E-state index in [-0.39, 0.29) is 0 Å². The number of likely N-dealkylation sites (N-methyl/N-ethyl adjacent to an activating group) is 1. The van der Waals surface area contributed by atoms with Gasteiger partial charge >= 0.3 is 0 Å². The molecule has 1 heterocycles. The van der Waals surface area contributed by atoms with Crippen molar-refractivity contribution in [2.45, 2.75) is 50.2 Å². The molecule has 3 atom stereocenters. The molecule has 1 saturated heterocycles. The fraction of sp³-hybridized carbons (Fsp3) is 0.667. The Balaban J connectivity index is 1.77. The lowest BCUT2D eigenvalue weighted by molar-refractivity contribution is -0.117. The summed E-state index contributed by atoms with van der Waals surface area (Å²) in [7, 11) is 3.91. The summed E-state index contributed by atoms with van der Waals surface area (Å²) in [6, 6.07) is 8.83. The highest BCUT2D eigenvalue weighted by Crippen LogP contribution is 2.43. The van der Waals surface area contributed by atoms with Crippen LogP contribution in [0.1, 0.15) is 37.7 Å². The number of aliphatic hydroxyl groups is 1. The van der Waals surface area contributed by atoms with Crippen LogP contribution in [0.5, 0.6) is 5.75 Å². The predicted molar refractivity (Wildman–Crippen MR) is 84.6 cm³/mol. The lowest BCUT2D eigenvalue weighted by atomic mass is 9.66. The van der Waals surface area contributed by atoms with Crippen molar-refractivity contribution >= 4 is 0 Å². The molecule has 1 aromatic rings. The number of nitrogens with zero attached hydrogens (tertiary/aromatic N) is 1. The van der Waals surface area contributed by atoms with Crippen LogP contribution >= 0.6 is 0 Å². The Labute approximate surface area is 127 Å². The largest absolute Gasteiger partial charge is 0.497 e. The Morgan fingerprint density at radius 2 is 2.00 bits per heavy atom. The molecule has 3 nitrogen and oxygen atoms in total. The molecule has 1 saturated carbocycles. The minimum atomic E-state index is -0.415. The highest BCUT2D eigenvalue weighted by Gasteiger charge is 2.47. The van der Waals surface area contributed by atoms with Crippen molar-refractivity contribution in [1.82, 2.24) is 4.90 Å². The molecule has 3 heteroatoms. The number of fused-ring (bicyclic) bond motifs is 1. The van der Waals surface area contributed by atoms with E-state index < -0.39 is 5.60 Å². The molecule has 116 valence electrons. The van der Waals surface area contributed by atoms with Crippen LogP contribution in [0.2, 0.25) is 0 Å². The van der Waals surface area contributed by atoms with Crippen molar-refractivity contribution in [1.29, 1.82) is 0 Å². The van der Waals surface area contributed by atoms with E-state index in [4.69, 9.17) is 4.74 Å². The van der Waals surface area contributed by atoms with Gasteiger partial charge in [-0.15, -0.1) is 0 Å². The lowest BCUT2D eigenvalue weighted by Crippen LogP contribution is -2.58. The van der Waals surface area contributed by atoms with Gasteiger partial charge < -0.3 is 14.7 Å². The van der Waals surface area contributed by atoms with E-state index in [1.54, 1.807) is 7.11 Å². The second-order valence-electron chi connectivity index (χ2n) is 6.81. The van der Waals surface area contributed by atoms with E-state index >= 15 is 0 Å². The fourth-order valence-electron chi connectivity index (χ4n) is 4.25. The summed E-state index contributed by atoms with van der Waals surface area (Å²) in [5, 5.41) is 11.0. The van der Waals surface area contributed by atoms with E-state index in [1.165, 1.54) is 24.8 Å². The van der Waals surface area contributed by atoms with Crippen molar-refractivity contribution in [3.05, 3.63) is 29.8 Å². The maximum atomic E-state index is 11.0. The first kappa shape index (κ1) is 14.9. The number of benzene rings is 1. The first-order valence-corrected chi connectivity index (χ1v) is 8.18. The third-order valence-corrected chi connectivity index (χ3v) is 5.60. The van der Waals surface area contributed by atoms with Crippen molar-refractivity contribution in [2.75, 3.05) is 20.7 Å². The van der Waals surface area contributed by atoms with Crippen LogP contribution in [0.4, 0.5) is 0 Å². The topological polar surface area (TPSA) is 32.7 Å². The molecule has 1 aromatic carbocycles. The van der Waals surface area contributed by atoms with Gasteiger partial charge in [0.15, 0.2) is 0 Å². The summed E-state index contributed by atoms with van der Waals surface area (Å²) in [6.45, 7) is 1.01. The van der Waals surface area contributed by atoms with Crippen LogP contribution < -0.4 is 4.74 Å². The van der Waals surface area contributed by atoms with E-state index in [9.17, 15) is 5.11 Å². The summed E-state index contributed by atoms with van der Waals surface area (Å²) in [4.78, 5) is 2.45. The van der Waals surface area contributed by atoms with E-state index in [0.29, 0.717) is 12.0 Å². The normalized spacial score (nSPS) is 33.5. The number of hydrogen-bond donors (Lipinski definition) is 1. The molecule has 0 spiro atoms. The molecule has 0 radical (unpaired) electrons. The third-order valence-electron chi connectivity index (χ3n) is 5.60. The second kappa shape index (κ2) is 5.98. The quantitative estimate of drug-likeness (QED) is 0.929. The Hall–Kier alpha value is -1.06. The Kier molecular flexibility index (Phi) is 4.23. The van der Waals surface area contributed by atoms with Gasteiger partial charge in [0.05, 0.1) is 12.7 Å². The molecule has 21 heavy (non-hydrogen) atoms. The number of rotatable bonds is 3. The molecule has 1 N–H and O–H groups in total. The van der Waals surface area contributed by atoms with Gasteiger partial charge in [0.25, 0.3) is 0 Å². The van der Waals surface area contributed by atoms with Crippen molar-refractivity contribution in [3.63, 3.8) is 0 Å². The van der Waals surface area contributed by atoms with E-state index in [2.05, 4.69) is 24.1 Å². The maximum absolute atomic E-state index is 11.0. The average Bonchev–Trinajstić information content (AvgIpc) is 2.51. The minimum Gasteiger partial charge on any atom is -0.497 e. The smallest absolute Gasteiger partial charge is 0.118 e.